The van der Waals surface area contributed by atoms with Crippen LogP contribution in [0.5, 0.6) is 5.75 Å². The van der Waals surface area contributed by atoms with Gasteiger partial charge in [-0.2, -0.15) is 0 Å². The minimum Gasteiger partial charge on any atom is -0.484 e. The van der Waals surface area contributed by atoms with Crippen LogP contribution in [0.4, 0.5) is 0 Å². The molecule has 3 rings (SSSR count). The quantitative estimate of drug-likeness (QED) is 0.284. The Bertz CT molecular complexity index is 1120. The summed E-state index contributed by atoms with van der Waals surface area (Å²) in [7, 11) is 0. The lowest BCUT2D eigenvalue weighted by molar-refractivity contribution is -0.142. The van der Waals surface area contributed by atoms with Gasteiger partial charge in [0.2, 0.25) is 5.91 Å². The molecule has 5 nitrogen and oxygen atoms in total. The van der Waals surface area contributed by atoms with Gasteiger partial charge in [-0.05, 0) is 43.2 Å². The first kappa shape index (κ1) is 27.6. The highest BCUT2D eigenvalue weighted by Gasteiger charge is 2.31. The number of halogens is 2. The maximum Gasteiger partial charge on any atom is 0.261 e. The number of amides is 2. The third-order valence-electron chi connectivity index (χ3n) is 5.87. The number of aryl methyl sites for hydroxylation is 1. The van der Waals surface area contributed by atoms with Crippen molar-refractivity contribution >= 4 is 35.0 Å². The molecule has 190 valence electrons. The number of carbonyl (C=O) groups excluding carboxylic acids is 2. The molecule has 1 atom stereocenters. The predicted molar refractivity (Wildman–Crippen MR) is 146 cm³/mol. The SMILES string of the molecule is CCCCNC(=O)[C@@H](Cc1ccccc1)N(Cc1c(Cl)cccc1Cl)C(=O)COc1ccc(C)cc1. The maximum absolute atomic E-state index is 13.6. The van der Waals surface area contributed by atoms with Crippen LogP contribution in [0.15, 0.2) is 72.8 Å². The average Bonchev–Trinajstić information content (AvgIpc) is 2.88. The number of hydrogen-bond acceptors (Lipinski definition) is 3. The van der Waals surface area contributed by atoms with E-state index < -0.39 is 6.04 Å². The number of nitrogens with one attached hydrogen (secondary N) is 1. The molecule has 0 heterocycles. The first-order valence-corrected chi connectivity index (χ1v) is 12.9. The number of benzene rings is 3. The summed E-state index contributed by atoms with van der Waals surface area (Å²) >= 11 is 12.9. The van der Waals surface area contributed by atoms with Crippen molar-refractivity contribution < 1.29 is 14.3 Å². The molecule has 0 radical (unpaired) electrons. The van der Waals surface area contributed by atoms with Gasteiger partial charge in [-0.1, -0.05) is 90.6 Å². The number of ether oxygens (including phenoxy) is 1. The van der Waals surface area contributed by atoms with Crippen LogP contribution in [0, 0.1) is 6.92 Å². The largest absolute Gasteiger partial charge is 0.484 e. The van der Waals surface area contributed by atoms with Gasteiger partial charge in [0.25, 0.3) is 5.91 Å². The van der Waals surface area contributed by atoms with Gasteiger partial charge < -0.3 is 15.0 Å². The van der Waals surface area contributed by atoms with Gasteiger partial charge in [-0.15, -0.1) is 0 Å². The molecule has 0 spiro atoms. The standard InChI is InChI=1S/C29H32Cl2N2O3/c1-3-4-17-32-29(35)27(18-22-9-6-5-7-10-22)33(19-24-25(30)11-8-12-26(24)31)28(34)20-36-23-15-13-21(2)14-16-23/h5-16,27H,3-4,17-20H2,1-2H3,(H,32,35)/t27-/m1/s1. The van der Waals surface area contributed by atoms with E-state index in [1.807, 2.05) is 61.5 Å². The number of carbonyl (C=O) groups is 2. The summed E-state index contributed by atoms with van der Waals surface area (Å²) in [6.45, 7) is 4.43. The molecule has 0 fully saturated rings. The summed E-state index contributed by atoms with van der Waals surface area (Å²) in [6, 6.07) is 21.5. The van der Waals surface area contributed by atoms with E-state index in [1.165, 1.54) is 4.90 Å². The van der Waals surface area contributed by atoms with Crippen LogP contribution in [0.3, 0.4) is 0 Å². The molecular formula is C29H32Cl2N2O3. The lowest BCUT2D eigenvalue weighted by Gasteiger charge is -2.32. The second-order valence-corrected chi connectivity index (χ2v) is 9.49. The van der Waals surface area contributed by atoms with Gasteiger partial charge in [-0.3, -0.25) is 9.59 Å². The van der Waals surface area contributed by atoms with Crippen LogP contribution in [0.2, 0.25) is 10.0 Å². The van der Waals surface area contributed by atoms with E-state index in [0.29, 0.717) is 34.3 Å². The van der Waals surface area contributed by atoms with E-state index in [-0.39, 0.29) is 25.0 Å². The van der Waals surface area contributed by atoms with Crippen molar-refractivity contribution in [1.29, 1.82) is 0 Å². The van der Waals surface area contributed by atoms with Crippen LogP contribution in [0.25, 0.3) is 0 Å². The van der Waals surface area contributed by atoms with Gasteiger partial charge in [0.15, 0.2) is 6.61 Å². The summed E-state index contributed by atoms with van der Waals surface area (Å²) in [6.07, 6.45) is 2.15. The zero-order valence-corrected chi connectivity index (χ0v) is 22.2. The molecule has 0 saturated heterocycles. The lowest BCUT2D eigenvalue weighted by Crippen LogP contribution is -2.52. The molecule has 3 aromatic rings. The summed E-state index contributed by atoms with van der Waals surface area (Å²) in [5, 5.41) is 3.86. The third kappa shape index (κ3) is 8.00. The lowest BCUT2D eigenvalue weighted by atomic mass is 10.0. The van der Waals surface area contributed by atoms with Crippen LogP contribution >= 0.6 is 23.2 Å². The smallest absolute Gasteiger partial charge is 0.261 e. The highest BCUT2D eigenvalue weighted by atomic mass is 35.5. The Morgan fingerprint density at radius 3 is 2.25 bits per heavy atom. The van der Waals surface area contributed by atoms with Gasteiger partial charge >= 0.3 is 0 Å². The van der Waals surface area contributed by atoms with Crippen molar-refractivity contribution in [3.8, 4) is 5.75 Å². The molecular weight excluding hydrogens is 495 g/mol. The number of hydrogen-bond donors (Lipinski definition) is 1. The van der Waals surface area contributed by atoms with E-state index in [2.05, 4.69) is 12.2 Å². The van der Waals surface area contributed by atoms with Gasteiger partial charge in [0.05, 0.1) is 0 Å². The Kier molecular flexibility index (Phi) is 10.6. The second kappa shape index (κ2) is 13.9. The van der Waals surface area contributed by atoms with Gasteiger partial charge in [0, 0.05) is 35.1 Å². The molecule has 36 heavy (non-hydrogen) atoms. The van der Waals surface area contributed by atoms with E-state index in [4.69, 9.17) is 27.9 Å². The highest BCUT2D eigenvalue weighted by Crippen LogP contribution is 2.27. The molecule has 0 aliphatic carbocycles. The van der Waals surface area contributed by atoms with Crippen molar-refractivity contribution in [1.82, 2.24) is 10.2 Å². The first-order valence-electron chi connectivity index (χ1n) is 12.1. The summed E-state index contributed by atoms with van der Waals surface area (Å²) < 4.78 is 5.79. The number of nitrogens with zero attached hydrogens (tertiary/aromatic N) is 1. The minimum atomic E-state index is -0.772. The van der Waals surface area contributed by atoms with Gasteiger partial charge in [-0.25, -0.2) is 0 Å². The average molecular weight is 527 g/mol. The molecule has 0 aliphatic heterocycles. The van der Waals surface area contributed by atoms with Crippen LogP contribution in [-0.2, 0) is 22.6 Å². The van der Waals surface area contributed by atoms with Crippen LogP contribution < -0.4 is 10.1 Å². The zero-order valence-electron chi connectivity index (χ0n) is 20.7. The molecule has 2 amide bonds. The van der Waals surface area contributed by atoms with Crippen molar-refractivity contribution in [2.75, 3.05) is 13.2 Å². The van der Waals surface area contributed by atoms with E-state index in [0.717, 1.165) is 24.0 Å². The Labute approximate surface area is 223 Å². The van der Waals surface area contributed by atoms with E-state index >= 15 is 0 Å². The Balaban J connectivity index is 1.92. The third-order valence-corrected chi connectivity index (χ3v) is 6.58. The topological polar surface area (TPSA) is 58.6 Å². The predicted octanol–water partition coefficient (Wildman–Crippen LogP) is 6.24. The normalized spacial score (nSPS) is 11.6. The number of unbranched alkanes of at least 4 members (excludes halogenated alkanes) is 1. The fourth-order valence-corrected chi connectivity index (χ4v) is 4.29. The zero-order chi connectivity index (χ0) is 25.9. The Morgan fingerprint density at radius 2 is 1.61 bits per heavy atom. The van der Waals surface area contributed by atoms with Crippen molar-refractivity contribution in [2.24, 2.45) is 0 Å². The molecule has 0 unspecified atom stereocenters. The summed E-state index contributed by atoms with van der Waals surface area (Å²) in [4.78, 5) is 28.6. The highest BCUT2D eigenvalue weighted by molar-refractivity contribution is 6.36. The van der Waals surface area contributed by atoms with Crippen LogP contribution in [-0.4, -0.2) is 35.9 Å². The molecule has 0 saturated carbocycles. The summed E-state index contributed by atoms with van der Waals surface area (Å²) in [5.41, 5.74) is 2.62. The van der Waals surface area contributed by atoms with Crippen molar-refractivity contribution in [3.63, 3.8) is 0 Å². The monoisotopic (exact) mass is 526 g/mol. The first-order chi connectivity index (χ1) is 17.4. The fraction of sp³-hybridized carbons (Fsp3) is 0.310. The molecule has 0 aliphatic rings. The van der Waals surface area contributed by atoms with Crippen molar-refractivity contribution in [3.05, 3.63) is 99.5 Å². The van der Waals surface area contributed by atoms with E-state index in [1.54, 1.807) is 18.2 Å². The summed E-state index contributed by atoms with van der Waals surface area (Å²) in [5.74, 6) is 0.0222. The van der Waals surface area contributed by atoms with Crippen LogP contribution in [0.1, 0.15) is 36.5 Å². The number of rotatable bonds is 12. The molecule has 1 N–H and O–H groups in total. The minimum absolute atomic E-state index is 0.0767. The molecule has 0 bridgehead atoms. The fourth-order valence-electron chi connectivity index (χ4n) is 3.78. The molecule has 3 aromatic carbocycles. The molecule has 7 heteroatoms. The van der Waals surface area contributed by atoms with Crippen molar-refractivity contribution in [2.45, 2.75) is 45.7 Å². The second-order valence-electron chi connectivity index (χ2n) is 8.67. The maximum atomic E-state index is 13.6. The Hall–Kier alpha value is -3.02. The van der Waals surface area contributed by atoms with Gasteiger partial charge in [0.1, 0.15) is 11.8 Å². The van der Waals surface area contributed by atoms with E-state index in [9.17, 15) is 9.59 Å². The Morgan fingerprint density at radius 1 is 0.944 bits per heavy atom. The molecule has 0 aromatic heterocycles.